The van der Waals surface area contributed by atoms with Gasteiger partial charge in [0, 0.05) is 12.5 Å². The summed E-state index contributed by atoms with van der Waals surface area (Å²) in [5.41, 5.74) is 3.92. The second kappa shape index (κ2) is 6.73. The average molecular weight is 335 g/mol. The second-order valence-electron chi connectivity index (χ2n) is 5.88. The number of hydrogen-bond acceptors (Lipinski definition) is 5. The molecule has 0 unspecified atom stereocenters. The summed E-state index contributed by atoms with van der Waals surface area (Å²) in [5, 5.41) is 0. The number of esters is 2. The molecule has 0 saturated heterocycles. The number of carbonyl (C=O) groups excluding carboxylic acids is 2. The SMILES string of the molecule is CC(=O)Oc1ccc(/C=C2\N=C(c3cc(C)cc(C)c3)OC2=O)cc1. The number of aryl methyl sites for hydroxylation is 2. The number of hydrogen-bond donors (Lipinski definition) is 0. The van der Waals surface area contributed by atoms with E-state index >= 15 is 0 Å². The Morgan fingerprint density at radius 3 is 2.32 bits per heavy atom. The molecule has 2 aromatic rings. The Morgan fingerprint density at radius 2 is 1.72 bits per heavy atom. The lowest BCUT2D eigenvalue weighted by Crippen LogP contribution is -2.06. The highest BCUT2D eigenvalue weighted by atomic mass is 16.6. The van der Waals surface area contributed by atoms with Crippen LogP contribution in [-0.2, 0) is 14.3 Å². The van der Waals surface area contributed by atoms with Crippen molar-refractivity contribution in [2.75, 3.05) is 0 Å². The highest BCUT2D eigenvalue weighted by Crippen LogP contribution is 2.21. The molecule has 0 bridgehead atoms. The zero-order valence-corrected chi connectivity index (χ0v) is 14.2. The van der Waals surface area contributed by atoms with E-state index in [4.69, 9.17) is 9.47 Å². The molecule has 0 amide bonds. The molecule has 0 aliphatic carbocycles. The van der Waals surface area contributed by atoms with Crippen LogP contribution >= 0.6 is 0 Å². The topological polar surface area (TPSA) is 65.0 Å². The molecule has 1 aliphatic rings. The van der Waals surface area contributed by atoms with Gasteiger partial charge in [-0.1, -0.05) is 29.3 Å². The lowest BCUT2D eigenvalue weighted by molar-refractivity contribution is -0.132. The lowest BCUT2D eigenvalue weighted by Gasteiger charge is -2.03. The summed E-state index contributed by atoms with van der Waals surface area (Å²) in [7, 11) is 0. The van der Waals surface area contributed by atoms with Gasteiger partial charge in [-0.2, -0.15) is 0 Å². The maximum Gasteiger partial charge on any atom is 0.363 e. The van der Waals surface area contributed by atoms with Crippen molar-refractivity contribution >= 4 is 23.9 Å². The van der Waals surface area contributed by atoms with Gasteiger partial charge in [0.1, 0.15) is 5.75 Å². The van der Waals surface area contributed by atoms with Gasteiger partial charge in [-0.05, 0) is 49.8 Å². The van der Waals surface area contributed by atoms with Gasteiger partial charge in [-0.25, -0.2) is 9.79 Å². The number of aliphatic imine (C=N–C) groups is 1. The van der Waals surface area contributed by atoms with Gasteiger partial charge >= 0.3 is 11.9 Å². The number of carbonyl (C=O) groups is 2. The predicted molar refractivity (Wildman–Crippen MR) is 94.3 cm³/mol. The van der Waals surface area contributed by atoms with Crippen molar-refractivity contribution in [2.24, 2.45) is 4.99 Å². The van der Waals surface area contributed by atoms with Crippen molar-refractivity contribution in [3.63, 3.8) is 0 Å². The number of nitrogens with zero attached hydrogens (tertiary/aromatic N) is 1. The fourth-order valence-electron chi connectivity index (χ4n) is 2.59. The molecule has 5 heteroatoms. The minimum atomic E-state index is -0.488. The fraction of sp³-hybridized carbons (Fsp3) is 0.150. The molecule has 0 fully saturated rings. The van der Waals surface area contributed by atoms with E-state index in [0.717, 1.165) is 22.3 Å². The van der Waals surface area contributed by atoms with Crippen molar-refractivity contribution in [3.05, 3.63) is 70.4 Å². The number of rotatable bonds is 3. The van der Waals surface area contributed by atoms with Crippen LogP contribution < -0.4 is 4.74 Å². The molecule has 2 aromatic carbocycles. The molecule has 0 atom stereocenters. The average Bonchev–Trinajstić information content (AvgIpc) is 2.89. The zero-order chi connectivity index (χ0) is 18.0. The van der Waals surface area contributed by atoms with E-state index in [1.165, 1.54) is 6.92 Å². The molecule has 0 aromatic heterocycles. The van der Waals surface area contributed by atoms with Gasteiger partial charge in [-0.3, -0.25) is 4.79 Å². The molecular weight excluding hydrogens is 318 g/mol. The Hall–Kier alpha value is -3.21. The maximum atomic E-state index is 12.1. The van der Waals surface area contributed by atoms with Gasteiger partial charge in [0.15, 0.2) is 5.70 Å². The smallest absolute Gasteiger partial charge is 0.363 e. The van der Waals surface area contributed by atoms with Crippen molar-refractivity contribution in [2.45, 2.75) is 20.8 Å². The van der Waals surface area contributed by atoms with Gasteiger partial charge in [0.25, 0.3) is 0 Å². The second-order valence-corrected chi connectivity index (χ2v) is 5.88. The third-order valence-electron chi connectivity index (χ3n) is 3.53. The Balaban J connectivity index is 1.86. The molecule has 0 spiro atoms. The highest BCUT2D eigenvalue weighted by molar-refractivity contribution is 6.13. The molecule has 0 saturated carbocycles. The summed E-state index contributed by atoms with van der Waals surface area (Å²) in [6.45, 7) is 5.30. The van der Waals surface area contributed by atoms with E-state index in [1.807, 2.05) is 32.0 Å². The van der Waals surface area contributed by atoms with Crippen LogP contribution in [0.15, 0.2) is 53.2 Å². The Labute approximate surface area is 145 Å². The fourth-order valence-corrected chi connectivity index (χ4v) is 2.59. The highest BCUT2D eigenvalue weighted by Gasteiger charge is 2.24. The summed E-state index contributed by atoms with van der Waals surface area (Å²) in [4.78, 5) is 27.3. The van der Waals surface area contributed by atoms with E-state index in [2.05, 4.69) is 4.99 Å². The van der Waals surface area contributed by atoms with Crippen LogP contribution in [0.2, 0.25) is 0 Å². The van der Waals surface area contributed by atoms with Crippen LogP contribution in [0.1, 0.15) is 29.2 Å². The van der Waals surface area contributed by atoms with E-state index in [9.17, 15) is 9.59 Å². The monoisotopic (exact) mass is 335 g/mol. The van der Waals surface area contributed by atoms with E-state index in [-0.39, 0.29) is 11.7 Å². The third-order valence-corrected chi connectivity index (χ3v) is 3.53. The summed E-state index contributed by atoms with van der Waals surface area (Å²) >= 11 is 0. The lowest BCUT2D eigenvalue weighted by atomic mass is 10.1. The minimum absolute atomic E-state index is 0.231. The summed E-state index contributed by atoms with van der Waals surface area (Å²) in [5.74, 6) is -0.117. The van der Waals surface area contributed by atoms with Gasteiger partial charge in [0.2, 0.25) is 5.90 Å². The largest absolute Gasteiger partial charge is 0.427 e. The first-order valence-electron chi connectivity index (χ1n) is 7.80. The van der Waals surface area contributed by atoms with Crippen LogP contribution in [-0.4, -0.2) is 17.8 Å². The maximum absolute atomic E-state index is 12.1. The third kappa shape index (κ3) is 4.01. The van der Waals surface area contributed by atoms with Crippen molar-refractivity contribution in [3.8, 4) is 5.75 Å². The molecule has 3 rings (SSSR count). The molecular formula is C20H17NO4. The van der Waals surface area contributed by atoms with E-state index in [1.54, 1.807) is 30.3 Å². The van der Waals surface area contributed by atoms with E-state index in [0.29, 0.717) is 11.6 Å². The van der Waals surface area contributed by atoms with Crippen LogP contribution in [0.25, 0.3) is 6.08 Å². The molecule has 25 heavy (non-hydrogen) atoms. The standard InChI is InChI=1S/C20H17NO4/c1-12-8-13(2)10-16(9-12)19-21-18(20(23)25-19)11-15-4-6-17(7-5-15)24-14(3)22/h4-11H,1-3H3/b18-11-. The molecule has 5 nitrogen and oxygen atoms in total. The Kier molecular flexibility index (Phi) is 4.48. The molecule has 0 radical (unpaired) electrons. The van der Waals surface area contributed by atoms with Crippen molar-refractivity contribution < 1.29 is 19.1 Å². The van der Waals surface area contributed by atoms with Crippen LogP contribution in [0.5, 0.6) is 5.75 Å². The molecule has 126 valence electrons. The molecule has 0 N–H and O–H groups in total. The first kappa shape index (κ1) is 16.6. The van der Waals surface area contributed by atoms with Crippen LogP contribution in [0.3, 0.4) is 0 Å². The first-order valence-corrected chi connectivity index (χ1v) is 7.80. The van der Waals surface area contributed by atoms with Gasteiger partial charge < -0.3 is 9.47 Å². The number of ether oxygens (including phenoxy) is 2. The molecule has 1 heterocycles. The summed E-state index contributed by atoms with van der Waals surface area (Å²) in [6, 6.07) is 12.7. The first-order chi connectivity index (χ1) is 11.9. The van der Waals surface area contributed by atoms with Crippen LogP contribution in [0, 0.1) is 13.8 Å². The number of cyclic esters (lactones) is 1. The van der Waals surface area contributed by atoms with Crippen molar-refractivity contribution in [1.29, 1.82) is 0 Å². The Bertz CT molecular complexity index is 888. The summed E-state index contributed by atoms with van der Waals surface area (Å²) in [6.07, 6.45) is 1.63. The summed E-state index contributed by atoms with van der Waals surface area (Å²) < 4.78 is 10.3. The normalized spacial score (nSPS) is 15.1. The number of benzene rings is 2. The van der Waals surface area contributed by atoms with E-state index < -0.39 is 5.97 Å². The van der Waals surface area contributed by atoms with Crippen LogP contribution in [0.4, 0.5) is 0 Å². The predicted octanol–water partition coefficient (Wildman–Crippen LogP) is 3.57. The molecule has 1 aliphatic heterocycles. The van der Waals surface area contributed by atoms with Gasteiger partial charge in [0.05, 0.1) is 0 Å². The Morgan fingerprint density at radius 1 is 1.08 bits per heavy atom. The van der Waals surface area contributed by atoms with Crippen molar-refractivity contribution in [1.82, 2.24) is 0 Å². The quantitative estimate of drug-likeness (QED) is 0.489. The minimum Gasteiger partial charge on any atom is -0.427 e. The zero-order valence-electron chi connectivity index (χ0n) is 14.2. The van der Waals surface area contributed by atoms with Gasteiger partial charge in [-0.15, -0.1) is 0 Å².